The number of carbonyl (C=O) groups excluding carboxylic acids is 2. The second-order valence-electron chi connectivity index (χ2n) is 8.57. The average molecular weight is 477 g/mol. The van der Waals surface area contributed by atoms with Gasteiger partial charge in [-0.25, -0.2) is 9.59 Å². The largest absolute Gasteiger partial charge is 0.479 e. The molecule has 2 aromatic carbocycles. The molecule has 182 valence electrons. The Morgan fingerprint density at radius 1 is 1.06 bits per heavy atom. The fourth-order valence-corrected chi connectivity index (χ4v) is 4.42. The summed E-state index contributed by atoms with van der Waals surface area (Å²) in [7, 11) is 1.66. The van der Waals surface area contributed by atoms with E-state index in [2.05, 4.69) is 27.9 Å². The predicted octanol–water partition coefficient (Wildman–Crippen LogP) is 3.37. The molecule has 1 heterocycles. The maximum absolute atomic E-state index is 12.6. The molecule has 3 aromatic rings. The van der Waals surface area contributed by atoms with Crippen LogP contribution < -0.4 is 10.6 Å². The van der Waals surface area contributed by atoms with Crippen molar-refractivity contribution >= 4 is 18.0 Å². The van der Waals surface area contributed by atoms with Crippen molar-refractivity contribution in [1.29, 1.82) is 0 Å². The molecule has 1 aliphatic carbocycles. The number of nitrogens with zero attached hydrogens (tertiary/aromatic N) is 2. The molecular formula is C26H28N4O5. The highest BCUT2D eigenvalue weighted by molar-refractivity contribution is 5.85. The fourth-order valence-electron chi connectivity index (χ4n) is 4.42. The van der Waals surface area contributed by atoms with Gasteiger partial charge in [-0.3, -0.25) is 9.48 Å². The van der Waals surface area contributed by atoms with Gasteiger partial charge in [0.15, 0.2) is 6.04 Å². The molecule has 2 amide bonds. The molecule has 0 saturated heterocycles. The number of carbonyl (C=O) groups is 3. The highest BCUT2D eigenvalue weighted by Gasteiger charge is 2.29. The van der Waals surface area contributed by atoms with Crippen molar-refractivity contribution in [3.05, 3.63) is 77.6 Å². The molecular weight excluding hydrogens is 448 g/mol. The summed E-state index contributed by atoms with van der Waals surface area (Å²) in [6.07, 6.45) is 2.71. The van der Waals surface area contributed by atoms with Gasteiger partial charge in [-0.2, -0.15) is 5.10 Å². The molecule has 1 unspecified atom stereocenters. The smallest absolute Gasteiger partial charge is 0.407 e. The van der Waals surface area contributed by atoms with Gasteiger partial charge in [-0.1, -0.05) is 55.5 Å². The third kappa shape index (κ3) is 5.34. The number of nitrogens with one attached hydrogen (secondary N) is 2. The third-order valence-corrected chi connectivity index (χ3v) is 6.20. The molecule has 1 aliphatic rings. The lowest BCUT2D eigenvalue weighted by Gasteiger charge is -2.20. The summed E-state index contributed by atoms with van der Waals surface area (Å²) < 4.78 is 7.02. The Morgan fingerprint density at radius 2 is 1.69 bits per heavy atom. The van der Waals surface area contributed by atoms with Gasteiger partial charge >= 0.3 is 12.1 Å². The van der Waals surface area contributed by atoms with Crippen molar-refractivity contribution in [2.45, 2.75) is 37.8 Å². The molecule has 0 bridgehead atoms. The van der Waals surface area contributed by atoms with Gasteiger partial charge in [0.25, 0.3) is 0 Å². The van der Waals surface area contributed by atoms with Crippen LogP contribution in [0.1, 0.15) is 48.4 Å². The monoisotopic (exact) mass is 476 g/mol. The third-order valence-electron chi connectivity index (χ3n) is 6.20. The number of amides is 2. The number of benzene rings is 2. The molecule has 0 fully saturated rings. The molecule has 0 radical (unpaired) electrons. The normalized spacial score (nSPS) is 13.9. The lowest BCUT2D eigenvalue weighted by molar-refractivity contribution is -0.142. The summed E-state index contributed by atoms with van der Waals surface area (Å²) in [5.74, 6) is -1.75. The second kappa shape index (κ2) is 10.4. The zero-order chi connectivity index (χ0) is 24.9. The van der Waals surface area contributed by atoms with Crippen LogP contribution in [0.25, 0.3) is 11.1 Å². The number of carboxylic acids is 1. The van der Waals surface area contributed by atoms with E-state index in [-0.39, 0.29) is 18.9 Å². The predicted molar refractivity (Wildman–Crippen MR) is 129 cm³/mol. The zero-order valence-electron chi connectivity index (χ0n) is 19.6. The number of aryl methyl sites for hydroxylation is 1. The molecule has 0 spiro atoms. The summed E-state index contributed by atoms with van der Waals surface area (Å²) in [5, 5.41) is 18.7. The van der Waals surface area contributed by atoms with Gasteiger partial charge < -0.3 is 20.5 Å². The van der Waals surface area contributed by atoms with Crippen molar-refractivity contribution in [3.8, 4) is 11.1 Å². The highest BCUT2D eigenvalue weighted by Crippen LogP contribution is 2.44. The number of hydrogen-bond acceptors (Lipinski definition) is 5. The number of alkyl carbamates (subject to hydrolysis) is 1. The van der Waals surface area contributed by atoms with Crippen LogP contribution in [-0.2, 0) is 21.4 Å². The van der Waals surface area contributed by atoms with Crippen LogP contribution in [0.4, 0.5) is 4.79 Å². The average Bonchev–Trinajstić information content (AvgIpc) is 3.41. The first-order valence-corrected chi connectivity index (χ1v) is 11.5. The van der Waals surface area contributed by atoms with Gasteiger partial charge in [0.05, 0.1) is 6.20 Å². The highest BCUT2D eigenvalue weighted by atomic mass is 16.5. The van der Waals surface area contributed by atoms with Crippen molar-refractivity contribution in [2.75, 3.05) is 6.61 Å². The first-order valence-electron chi connectivity index (χ1n) is 11.5. The van der Waals surface area contributed by atoms with Crippen LogP contribution in [0.5, 0.6) is 0 Å². The number of hydrogen-bond donors (Lipinski definition) is 3. The number of rotatable bonds is 9. The van der Waals surface area contributed by atoms with Crippen LogP contribution in [0.2, 0.25) is 0 Å². The van der Waals surface area contributed by atoms with E-state index < -0.39 is 30.1 Å². The minimum Gasteiger partial charge on any atom is -0.479 e. The van der Waals surface area contributed by atoms with E-state index in [9.17, 15) is 19.5 Å². The van der Waals surface area contributed by atoms with E-state index in [4.69, 9.17) is 4.74 Å². The summed E-state index contributed by atoms with van der Waals surface area (Å²) in [4.78, 5) is 36.7. The van der Waals surface area contributed by atoms with Gasteiger partial charge in [0, 0.05) is 37.2 Å². The Balaban J connectivity index is 1.33. The Bertz CT molecular complexity index is 1190. The summed E-state index contributed by atoms with van der Waals surface area (Å²) in [5.41, 5.74) is 4.88. The van der Waals surface area contributed by atoms with Gasteiger partial charge in [0.2, 0.25) is 5.91 Å². The number of fused-ring (bicyclic) bond motifs is 3. The van der Waals surface area contributed by atoms with E-state index in [0.717, 1.165) is 22.3 Å². The zero-order valence-corrected chi connectivity index (χ0v) is 19.6. The fraction of sp³-hybridized carbons (Fsp3) is 0.308. The summed E-state index contributed by atoms with van der Waals surface area (Å²) >= 11 is 0. The molecule has 0 aliphatic heterocycles. The van der Waals surface area contributed by atoms with Crippen LogP contribution >= 0.6 is 0 Å². The van der Waals surface area contributed by atoms with E-state index in [0.29, 0.717) is 12.0 Å². The van der Waals surface area contributed by atoms with Crippen LogP contribution in [0, 0.1) is 0 Å². The maximum atomic E-state index is 12.6. The van der Waals surface area contributed by atoms with E-state index in [1.165, 1.54) is 17.1 Å². The molecule has 2 atom stereocenters. The van der Waals surface area contributed by atoms with E-state index >= 15 is 0 Å². The Kier molecular flexibility index (Phi) is 7.14. The standard InChI is InChI=1S/C26H28N4O5/c1-3-17(12-23(31)29-24(25(32)33)16-13-27-30(2)14-16)28-26(34)35-15-22-20-10-6-4-8-18(20)19-9-5-7-11-21(19)22/h4-11,13-14,17,22,24H,3,12,15H2,1-2H3,(H,28,34)(H,29,31)(H,32,33)/t17-,24?/m1/s1. The quantitative estimate of drug-likeness (QED) is 0.435. The topological polar surface area (TPSA) is 123 Å². The van der Waals surface area contributed by atoms with Gasteiger partial charge in [-0.15, -0.1) is 0 Å². The molecule has 0 saturated carbocycles. The molecule has 35 heavy (non-hydrogen) atoms. The lowest BCUT2D eigenvalue weighted by atomic mass is 9.98. The second-order valence-corrected chi connectivity index (χ2v) is 8.57. The maximum Gasteiger partial charge on any atom is 0.407 e. The molecule has 9 nitrogen and oxygen atoms in total. The number of carboxylic acid groups (broad SMARTS) is 1. The Morgan fingerprint density at radius 3 is 2.23 bits per heavy atom. The van der Waals surface area contributed by atoms with E-state index in [1.807, 2.05) is 43.3 Å². The lowest BCUT2D eigenvalue weighted by Crippen LogP contribution is -2.41. The van der Waals surface area contributed by atoms with E-state index in [1.54, 1.807) is 7.05 Å². The van der Waals surface area contributed by atoms with Crippen molar-refractivity contribution in [1.82, 2.24) is 20.4 Å². The number of aromatic nitrogens is 2. The molecule has 1 aromatic heterocycles. The minimum absolute atomic E-state index is 0.0627. The van der Waals surface area contributed by atoms with Crippen molar-refractivity contribution in [3.63, 3.8) is 0 Å². The molecule has 4 rings (SSSR count). The summed E-state index contributed by atoms with van der Waals surface area (Å²) in [6.45, 7) is 2.00. The van der Waals surface area contributed by atoms with Crippen molar-refractivity contribution in [2.24, 2.45) is 7.05 Å². The minimum atomic E-state index is -1.22. The first-order chi connectivity index (χ1) is 16.9. The molecule has 3 N–H and O–H groups in total. The van der Waals surface area contributed by atoms with Gasteiger partial charge in [-0.05, 0) is 28.7 Å². The Labute approximate surface area is 203 Å². The number of aliphatic carboxylic acids is 1. The SMILES string of the molecule is CC[C@H](CC(=O)NC(C(=O)O)c1cnn(C)c1)NC(=O)OCC1c2ccccc2-c2ccccc21. The first kappa shape index (κ1) is 24.0. The van der Waals surface area contributed by atoms with Gasteiger partial charge in [0.1, 0.15) is 6.61 Å². The van der Waals surface area contributed by atoms with Crippen LogP contribution in [0.15, 0.2) is 60.9 Å². The van der Waals surface area contributed by atoms with Crippen molar-refractivity contribution < 1.29 is 24.2 Å². The van der Waals surface area contributed by atoms with Crippen LogP contribution in [-0.4, -0.2) is 45.5 Å². The number of ether oxygens (including phenoxy) is 1. The molecule has 9 heteroatoms. The Hall–Kier alpha value is -4.14. The van der Waals surface area contributed by atoms with Crippen LogP contribution in [0.3, 0.4) is 0 Å². The summed E-state index contributed by atoms with van der Waals surface area (Å²) in [6, 6.07) is 14.4.